The lowest BCUT2D eigenvalue weighted by Crippen LogP contribution is -2.47. The van der Waals surface area contributed by atoms with Crippen LogP contribution in [-0.2, 0) is 10.0 Å². The molecule has 1 fully saturated rings. The maximum absolute atomic E-state index is 13.0. The zero-order chi connectivity index (χ0) is 17.9. The predicted octanol–water partition coefficient (Wildman–Crippen LogP) is 3.33. The minimum absolute atomic E-state index is 0.0411. The molecule has 1 saturated heterocycles. The van der Waals surface area contributed by atoms with Gasteiger partial charge in [-0.1, -0.05) is 6.42 Å². The van der Waals surface area contributed by atoms with Crippen molar-refractivity contribution in [3.63, 3.8) is 0 Å². The van der Waals surface area contributed by atoms with Crippen molar-refractivity contribution >= 4 is 33.0 Å². The highest BCUT2D eigenvalue weighted by Crippen LogP contribution is 2.29. The molecular weight excluding hydrogens is 342 g/mol. The van der Waals surface area contributed by atoms with Gasteiger partial charge in [0, 0.05) is 23.8 Å². The number of piperidine rings is 1. The zero-order valence-electron chi connectivity index (χ0n) is 14.7. The Morgan fingerprint density at radius 2 is 1.71 bits per heavy atom. The monoisotopic (exact) mass is 369 g/mol. The largest absolute Gasteiger partial charge is 0.360 e. The standard InChI is InChI=1S/C17H27N3O2S2/c1-12(2)18-17(23)19-15-8-10-16(11-9-15)24(21,22)20-13(3)6-5-7-14(20)4/h8-14H,5-7H2,1-4H3,(H2,18,19,23)/t13-,14-/m0/s1. The molecule has 0 aliphatic carbocycles. The molecule has 0 radical (unpaired) electrons. The Hall–Kier alpha value is -1.18. The lowest BCUT2D eigenvalue weighted by atomic mass is 10.0. The molecule has 1 aliphatic rings. The molecule has 0 amide bonds. The van der Waals surface area contributed by atoms with Gasteiger partial charge in [0.05, 0.1) is 4.90 Å². The highest BCUT2D eigenvalue weighted by atomic mass is 32.2. The fourth-order valence-electron chi connectivity index (χ4n) is 3.13. The van der Waals surface area contributed by atoms with Crippen LogP contribution >= 0.6 is 12.2 Å². The highest BCUT2D eigenvalue weighted by molar-refractivity contribution is 7.89. The number of rotatable bonds is 4. The summed E-state index contributed by atoms with van der Waals surface area (Å²) in [6.07, 6.45) is 2.91. The number of nitrogens with zero attached hydrogens (tertiary/aromatic N) is 1. The van der Waals surface area contributed by atoms with E-state index in [0.29, 0.717) is 10.0 Å². The maximum Gasteiger partial charge on any atom is 0.243 e. The van der Waals surface area contributed by atoms with Crippen LogP contribution in [0.4, 0.5) is 5.69 Å². The van der Waals surface area contributed by atoms with Crippen LogP contribution in [0.2, 0.25) is 0 Å². The Morgan fingerprint density at radius 3 is 2.21 bits per heavy atom. The van der Waals surface area contributed by atoms with E-state index in [1.807, 2.05) is 27.7 Å². The van der Waals surface area contributed by atoms with E-state index in [4.69, 9.17) is 12.2 Å². The summed E-state index contributed by atoms with van der Waals surface area (Å²) in [6, 6.07) is 7.11. The van der Waals surface area contributed by atoms with Gasteiger partial charge in [-0.15, -0.1) is 0 Å². The first-order valence-electron chi connectivity index (χ1n) is 8.43. The Labute approximate surface area is 150 Å². The third-order valence-electron chi connectivity index (χ3n) is 4.22. The van der Waals surface area contributed by atoms with Crippen molar-refractivity contribution in [2.75, 3.05) is 5.32 Å². The molecule has 2 N–H and O–H groups in total. The molecule has 0 saturated carbocycles. The second-order valence-corrected chi connectivity index (χ2v) is 8.99. The molecular formula is C17H27N3O2S2. The van der Waals surface area contributed by atoms with Crippen molar-refractivity contribution in [1.29, 1.82) is 0 Å². The van der Waals surface area contributed by atoms with Crippen molar-refractivity contribution in [3.8, 4) is 0 Å². The Kier molecular flexibility index (Phi) is 6.22. The summed E-state index contributed by atoms with van der Waals surface area (Å²) in [5.41, 5.74) is 0.770. The lowest BCUT2D eigenvalue weighted by molar-refractivity contribution is 0.204. The Morgan fingerprint density at radius 1 is 1.17 bits per heavy atom. The smallest absolute Gasteiger partial charge is 0.243 e. The molecule has 1 aromatic rings. The van der Waals surface area contributed by atoms with E-state index in [-0.39, 0.29) is 18.1 Å². The molecule has 7 heteroatoms. The minimum Gasteiger partial charge on any atom is -0.360 e. The molecule has 24 heavy (non-hydrogen) atoms. The van der Waals surface area contributed by atoms with Crippen molar-refractivity contribution in [2.45, 2.75) is 70.0 Å². The normalized spacial score (nSPS) is 22.4. The van der Waals surface area contributed by atoms with Crippen LogP contribution in [0.3, 0.4) is 0 Å². The van der Waals surface area contributed by atoms with E-state index in [1.54, 1.807) is 28.6 Å². The summed E-state index contributed by atoms with van der Waals surface area (Å²) in [5.74, 6) is 0. The van der Waals surface area contributed by atoms with Gasteiger partial charge in [-0.3, -0.25) is 0 Å². The molecule has 134 valence electrons. The van der Waals surface area contributed by atoms with Crippen LogP contribution < -0.4 is 10.6 Å². The van der Waals surface area contributed by atoms with E-state index >= 15 is 0 Å². The van der Waals surface area contributed by atoms with Crippen LogP contribution in [0.15, 0.2) is 29.2 Å². The van der Waals surface area contributed by atoms with Gasteiger partial charge >= 0.3 is 0 Å². The summed E-state index contributed by atoms with van der Waals surface area (Å²) < 4.78 is 27.6. The van der Waals surface area contributed by atoms with Gasteiger partial charge in [-0.25, -0.2) is 8.42 Å². The molecule has 0 unspecified atom stereocenters. The fourth-order valence-corrected chi connectivity index (χ4v) is 5.37. The van der Waals surface area contributed by atoms with Crippen LogP contribution in [-0.4, -0.2) is 36.0 Å². The molecule has 0 spiro atoms. The van der Waals surface area contributed by atoms with Gasteiger partial charge in [-0.2, -0.15) is 4.31 Å². The quantitative estimate of drug-likeness (QED) is 0.797. The molecule has 2 rings (SSSR count). The molecule has 2 atom stereocenters. The van der Waals surface area contributed by atoms with Gasteiger partial charge in [0.15, 0.2) is 5.11 Å². The van der Waals surface area contributed by atoms with Crippen molar-refractivity contribution in [2.24, 2.45) is 0 Å². The van der Waals surface area contributed by atoms with Gasteiger partial charge in [0.2, 0.25) is 10.0 Å². The van der Waals surface area contributed by atoms with Crippen molar-refractivity contribution in [1.82, 2.24) is 9.62 Å². The van der Waals surface area contributed by atoms with E-state index in [0.717, 1.165) is 24.9 Å². The summed E-state index contributed by atoms with van der Waals surface area (Å²) in [4.78, 5) is 0.330. The SMILES string of the molecule is CC(C)NC(=S)Nc1ccc(S(=O)(=O)N2[C@@H](C)CCC[C@@H]2C)cc1. The third kappa shape index (κ3) is 4.46. The van der Waals surface area contributed by atoms with Gasteiger partial charge in [-0.05, 0) is 77.0 Å². The van der Waals surface area contributed by atoms with Crippen LogP contribution in [0, 0.1) is 0 Å². The van der Waals surface area contributed by atoms with E-state index in [1.165, 1.54) is 0 Å². The minimum atomic E-state index is -3.47. The average molecular weight is 370 g/mol. The zero-order valence-corrected chi connectivity index (χ0v) is 16.4. The first kappa shape index (κ1) is 19.1. The maximum atomic E-state index is 13.0. The molecule has 0 aromatic heterocycles. The number of thiocarbonyl (C=S) groups is 1. The number of benzene rings is 1. The van der Waals surface area contributed by atoms with Gasteiger partial charge in [0.1, 0.15) is 0 Å². The summed E-state index contributed by atoms with van der Waals surface area (Å²) in [6.45, 7) is 7.98. The molecule has 0 bridgehead atoms. The first-order chi connectivity index (χ1) is 11.2. The fraction of sp³-hybridized carbons (Fsp3) is 0.588. The van der Waals surface area contributed by atoms with E-state index in [2.05, 4.69) is 10.6 Å². The molecule has 1 aromatic carbocycles. The summed E-state index contributed by atoms with van der Waals surface area (Å²) in [7, 11) is -3.47. The highest BCUT2D eigenvalue weighted by Gasteiger charge is 2.35. The molecule has 1 heterocycles. The lowest BCUT2D eigenvalue weighted by Gasteiger charge is -2.37. The number of nitrogens with one attached hydrogen (secondary N) is 2. The summed E-state index contributed by atoms with van der Waals surface area (Å²) in [5, 5.41) is 6.68. The van der Waals surface area contributed by atoms with E-state index < -0.39 is 10.0 Å². The average Bonchev–Trinajstić information content (AvgIpc) is 2.46. The van der Waals surface area contributed by atoms with Crippen LogP contribution in [0.25, 0.3) is 0 Å². The predicted molar refractivity (Wildman–Crippen MR) is 103 cm³/mol. The topological polar surface area (TPSA) is 61.4 Å². The first-order valence-corrected chi connectivity index (χ1v) is 10.3. The number of hydrogen-bond acceptors (Lipinski definition) is 3. The van der Waals surface area contributed by atoms with Crippen molar-refractivity contribution < 1.29 is 8.42 Å². The molecule has 5 nitrogen and oxygen atoms in total. The van der Waals surface area contributed by atoms with Crippen LogP contribution in [0.5, 0.6) is 0 Å². The Balaban J connectivity index is 2.15. The summed E-state index contributed by atoms with van der Waals surface area (Å²) >= 11 is 5.20. The Bertz CT molecular complexity index is 662. The number of anilines is 1. The number of hydrogen-bond donors (Lipinski definition) is 2. The van der Waals surface area contributed by atoms with Crippen LogP contribution in [0.1, 0.15) is 47.0 Å². The molecule has 1 aliphatic heterocycles. The second-order valence-electron chi connectivity index (χ2n) is 6.74. The second kappa shape index (κ2) is 7.80. The third-order valence-corrected chi connectivity index (χ3v) is 6.58. The van der Waals surface area contributed by atoms with E-state index in [9.17, 15) is 8.42 Å². The van der Waals surface area contributed by atoms with Crippen molar-refractivity contribution in [3.05, 3.63) is 24.3 Å². The number of sulfonamides is 1. The van der Waals surface area contributed by atoms with Gasteiger partial charge in [0.25, 0.3) is 0 Å². The van der Waals surface area contributed by atoms with Gasteiger partial charge < -0.3 is 10.6 Å².